The van der Waals surface area contributed by atoms with E-state index in [1.165, 1.54) is 0 Å². The van der Waals surface area contributed by atoms with E-state index in [1.807, 2.05) is 0 Å². The topological polar surface area (TPSA) is 241 Å². The van der Waals surface area contributed by atoms with Crippen LogP contribution in [0, 0.1) is 71.2 Å². The van der Waals surface area contributed by atoms with Crippen molar-refractivity contribution < 1.29 is 124 Å². The second-order valence-corrected chi connectivity index (χ2v) is 3.67. The Morgan fingerprint density at radius 3 is 0.444 bits per heavy atom. The fourth-order valence-corrected chi connectivity index (χ4v) is 0. The number of rotatable bonds is 0. The van der Waals surface area contributed by atoms with Crippen molar-refractivity contribution in [2.45, 2.75) is 0 Å². The number of hydrogen-bond donors (Lipinski definition) is 0. The molecule has 104 valence electrons. The van der Waals surface area contributed by atoms with E-state index in [0.29, 0.717) is 0 Å². The first kappa shape index (κ1) is 37.0. The molecule has 0 aromatic heterocycles. The summed E-state index contributed by atoms with van der Waals surface area (Å²) in [6.07, 6.45) is 0. The van der Waals surface area contributed by atoms with Gasteiger partial charge in [-0.15, -0.1) is 12.4 Å². The van der Waals surface area contributed by atoms with Crippen LogP contribution in [0.3, 0.4) is 0 Å². The largest absolute Gasteiger partial charge is 3.00 e. The number of hydrogen-bond acceptors (Lipinski definition) is 12. The minimum atomic E-state index is -5.17. The van der Waals surface area contributed by atoms with Crippen LogP contribution >= 0.6 is 12.4 Å². The summed E-state index contributed by atoms with van der Waals surface area (Å²) >= 11 is 0. The van der Waals surface area contributed by atoms with Crippen LogP contribution in [0.15, 0.2) is 0 Å². The van der Waals surface area contributed by atoms with Crippen molar-refractivity contribution in [1.29, 1.82) is 0 Å². The zero-order valence-electron chi connectivity index (χ0n) is 7.69. The third-order valence-corrected chi connectivity index (χ3v) is 0. The normalized spacial score (nSPS) is 9.67. The van der Waals surface area contributed by atoms with Gasteiger partial charge in [-0.25, -0.2) is 0 Å². The molecule has 0 atom stereocenters. The van der Waals surface area contributed by atoms with Gasteiger partial charge >= 0.3 is 71.2 Å². The smallest absolute Gasteiger partial charge is 0.759 e. The van der Waals surface area contributed by atoms with Gasteiger partial charge in [-0.2, -0.15) is 0 Å². The maximum Gasteiger partial charge on any atom is 3.00 e. The molecule has 0 spiro atoms. The standard InChI is InChI=1S/ClH.2La.3H2O4S/c;;;3*1-5(2,3)4/h1H;;;3*(H2,1,2,3,4)/q;2*+3;;;/p-6. The van der Waals surface area contributed by atoms with Crippen molar-refractivity contribution in [3.63, 3.8) is 0 Å². The van der Waals surface area contributed by atoms with Crippen LogP contribution in [0.4, 0.5) is 0 Å². The van der Waals surface area contributed by atoms with Crippen LogP contribution in [0.5, 0.6) is 0 Å². The first-order valence-electron chi connectivity index (χ1n) is 2.00. The van der Waals surface area contributed by atoms with Crippen molar-refractivity contribution >= 4 is 43.6 Å². The molecule has 0 unspecified atom stereocenters. The zero-order valence-corrected chi connectivity index (χ0v) is 18.2. The summed E-state index contributed by atoms with van der Waals surface area (Å²) in [5, 5.41) is 0. The first-order valence-corrected chi connectivity index (χ1v) is 6.00. The van der Waals surface area contributed by atoms with Crippen LogP contribution in [-0.4, -0.2) is 52.6 Å². The van der Waals surface area contributed by atoms with Gasteiger partial charge < -0.3 is 27.3 Å². The molecule has 12 nitrogen and oxygen atoms in total. The summed E-state index contributed by atoms with van der Waals surface area (Å²) < 4.78 is 102. The Balaban J connectivity index is -0.0000000277. The first-order chi connectivity index (χ1) is 6.00. The van der Waals surface area contributed by atoms with Crippen LogP contribution in [0.1, 0.15) is 0 Å². The van der Waals surface area contributed by atoms with E-state index in [2.05, 4.69) is 0 Å². The van der Waals surface area contributed by atoms with Crippen LogP contribution in [0.2, 0.25) is 0 Å². The SMILES string of the molecule is Cl.O=S(=O)([O-])[O-].O=S(=O)([O-])[O-].O=S(=O)([O-])[O-].[La+3].[La+3]. The summed E-state index contributed by atoms with van der Waals surface area (Å²) in [5.74, 6) is 0. The molecule has 0 aromatic rings. The van der Waals surface area contributed by atoms with E-state index in [1.54, 1.807) is 0 Å². The van der Waals surface area contributed by atoms with E-state index in [9.17, 15) is 0 Å². The maximum absolute atomic E-state index is 8.52. The van der Waals surface area contributed by atoms with E-state index in [-0.39, 0.29) is 83.6 Å². The molecule has 0 radical (unpaired) electrons. The van der Waals surface area contributed by atoms with Gasteiger partial charge in [0.05, 0.1) is 0 Å². The third-order valence-electron chi connectivity index (χ3n) is 0. The summed E-state index contributed by atoms with van der Waals surface area (Å²) in [4.78, 5) is 0. The summed E-state index contributed by atoms with van der Waals surface area (Å²) in [7, 11) is -15.5. The van der Waals surface area contributed by atoms with Crippen LogP contribution in [0.25, 0.3) is 0 Å². The molecule has 0 fully saturated rings. The van der Waals surface area contributed by atoms with E-state index in [4.69, 9.17) is 52.6 Å². The molecule has 18 heteroatoms. The summed E-state index contributed by atoms with van der Waals surface area (Å²) in [6.45, 7) is 0. The molecule has 18 heavy (non-hydrogen) atoms. The Kier molecular flexibility index (Phi) is 32.2. The monoisotopic (exact) mass is 602 g/mol. The summed E-state index contributed by atoms with van der Waals surface area (Å²) in [6, 6.07) is 0. The van der Waals surface area contributed by atoms with Gasteiger partial charge in [-0.05, 0) is 0 Å². The molecule has 0 saturated carbocycles. The van der Waals surface area contributed by atoms with Gasteiger partial charge in [0, 0.05) is 31.2 Å². The molecule has 0 saturated heterocycles. The molecular weight excluding hydrogens is 601 g/mol. The van der Waals surface area contributed by atoms with Gasteiger partial charge in [0.2, 0.25) is 0 Å². The Morgan fingerprint density at radius 1 is 0.444 bits per heavy atom. The van der Waals surface area contributed by atoms with E-state index >= 15 is 0 Å². The number of halogens is 1. The third kappa shape index (κ3) is 1040. The minimum absolute atomic E-state index is 0. The second kappa shape index (κ2) is 15.7. The molecule has 0 aromatic carbocycles. The van der Waals surface area contributed by atoms with Crippen molar-refractivity contribution in [3.05, 3.63) is 0 Å². The molecule has 0 rings (SSSR count). The Bertz CT molecular complexity index is 346. The quantitative estimate of drug-likeness (QED) is 0.193. The molecule has 0 bridgehead atoms. The maximum atomic E-state index is 8.52. The van der Waals surface area contributed by atoms with Crippen LogP contribution < -0.4 is 0 Å². The molecule has 0 amide bonds. The van der Waals surface area contributed by atoms with E-state index < -0.39 is 31.2 Å². The van der Waals surface area contributed by atoms with Crippen molar-refractivity contribution in [2.24, 2.45) is 0 Å². The van der Waals surface area contributed by atoms with Crippen molar-refractivity contribution in [3.8, 4) is 0 Å². The fraction of sp³-hybridized carbons (Fsp3) is 0. The Morgan fingerprint density at radius 2 is 0.444 bits per heavy atom. The van der Waals surface area contributed by atoms with Gasteiger partial charge in [-0.3, -0.25) is 25.3 Å². The molecule has 0 aliphatic rings. The predicted molar refractivity (Wildman–Crippen MR) is 38.7 cm³/mol. The van der Waals surface area contributed by atoms with Gasteiger partial charge in [0.1, 0.15) is 0 Å². The van der Waals surface area contributed by atoms with Gasteiger partial charge in [0.25, 0.3) is 0 Å². The Labute approximate surface area is 165 Å². The Hall–Kier alpha value is 2.29. The van der Waals surface area contributed by atoms with Crippen molar-refractivity contribution in [2.75, 3.05) is 0 Å². The average Bonchev–Trinajstić information content (AvgIpc) is 1.41. The van der Waals surface area contributed by atoms with Gasteiger partial charge in [-0.1, -0.05) is 0 Å². The predicted octanol–water partition coefficient (Wildman–Crippen LogP) is -3.59. The summed E-state index contributed by atoms with van der Waals surface area (Å²) in [5.41, 5.74) is 0. The second-order valence-electron chi connectivity index (χ2n) is 1.22. The molecule has 0 aliphatic heterocycles. The van der Waals surface area contributed by atoms with Gasteiger partial charge in [0.15, 0.2) is 0 Å². The fourth-order valence-electron chi connectivity index (χ4n) is 0. The van der Waals surface area contributed by atoms with E-state index in [0.717, 1.165) is 0 Å². The van der Waals surface area contributed by atoms with Crippen molar-refractivity contribution in [1.82, 2.24) is 0 Å². The molecule has 0 aliphatic carbocycles. The zero-order chi connectivity index (χ0) is 13.5. The average molecular weight is 602 g/mol. The molecule has 0 heterocycles. The minimum Gasteiger partial charge on any atom is -0.759 e. The molecule has 0 N–H and O–H groups in total. The molecular formula is HClLa2O12S3. The van der Waals surface area contributed by atoms with Crippen LogP contribution in [-0.2, 0) is 31.2 Å².